The molecular weight excluding hydrogens is 224 g/mol. The van der Waals surface area contributed by atoms with Crippen LogP contribution in [0.3, 0.4) is 0 Å². The van der Waals surface area contributed by atoms with Crippen LogP contribution >= 0.6 is 0 Å². The van der Waals surface area contributed by atoms with Crippen LogP contribution in [0.1, 0.15) is 17.5 Å². The second-order valence-corrected chi connectivity index (χ2v) is 4.23. The van der Waals surface area contributed by atoms with Gasteiger partial charge in [-0.25, -0.2) is 0 Å². The molecule has 18 heavy (non-hydrogen) atoms. The third-order valence-electron chi connectivity index (χ3n) is 2.93. The lowest BCUT2D eigenvalue weighted by Gasteiger charge is -2.18. The van der Waals surface area contributed by atoms with Gasteiger partial charge in [-0.05, 0) is 17.2 Å². The second kappa shape index (κ2) is 4.49. The van der Waals surface area contributed by atoms with Gasteiger partial charge in [0.15, 0.2) is 0 Å². The molecule has 0 amide bonds. The molecule has 2 aromatic carbocycles. The summed E-state index contributed by atoms with van der Waals surface area (Å²) in [5, 5.41) is 0. The number of esters is 1. The minimum atomic E-state index is -0.198. The molecule has 2 nitrogen and oxygen atoms in total. The van der Waals surface area contributed by atoms with Gasteiger partial charge >= 0.3 is 5.97 Å². The summed E-state index contributed by atoms with van der Waals surface area (Å²) < 4.78 is 5.22. The van der Waals surface area contributed by atoms with E-state index in [-0.39, 0.29) is 5.97 Å². The number of hydrogen-bond acceptors (Lipinski definition) is 2. The maximum Gasteiger partial charge on any atom is 0.315 e. The highest BCUT2D eigenvalue weighted by molar-refractivity contribution is 5.97. The second-order valence-electron chi connectivity index (χ2n) is 4.23. The average molecular weight is 236 g/mol. The van der Waals surface area contributed by atoms with E-state index < -0.39 is 0 Å². The van der Waals surface area contributed by atoms with Gasteiger partial charge < -0.3 is 4.74 Å². The molecule has 0 saturated carbocycles. The fourth-order valence-corrected chi connectivity index (χ4v) is 2.11. The summed E-state index contributed by atoms with van der Waals surface area (Å²) in [4.78, 5) is 11.6. The number of fused-ring (bicyclic) bond motifs is 1. The van der Waals surface area contributed by atoms with E-state index in [1.165, 1.54) is 0 Å². The van der Waals surface area contributed by atoms with Gasteiger partial charge in [-0.3, -0.25) is 4.79 Å². The number of benzene rings is 2. The number of carbonyl (C=O) groups is 1. The maximum absolute atomic E-state index is 11.6. The first-order valence-corrected chi connectivity index (χ1v) is 5.88. The van der Waals surface area contributed by atoms with Crippen molar-refractivity contribution in [2.75, 3.05) is 0 Å². The topological polar surface area (TPSA) is 26.3 Å². The van der Waals surface area contributed by atoms with Gasteiger partial charge in [0, 0.05) is 5.56 Å². The van der Waals surface area contributed by atoms with Crippen LogP contribution < -0.4 is 4.74 Å². The number of ether oxygens (including phenoxy) is 1. The number of carbonyl (C=O) groups excluding carboxylic acids is 1. The zero-order chi connectivity index (χ0) is 12.4. The first-order valence-electron chi connectivity index (χ1n) is 5.88. The molecule has 2 aromatic rings. The molecule has 0 bridgehead atoms. The fraction of sp³-hybridized carbons (Fsp3) is 0.0625. The van der Waals surface area contributed by atoms with E-state index in [4.69, 9.17) is 4.74 Å². The Morgan fingerprint density at radius 1 is 0.944 bits per heavy atom. The third-order valence-corrected chi connectivity index (χ3v) is 2.93. The van der Waals surface area contributed by atoms with Crippen molar-refractivity contribution in [3.63, 3.8) is 0 Å². The van der Waals surface area contributed by atoms with E-state index in [2.05, 4.69) is 0 Å². The van der Waals surface area contributed by atoms with Gasteiger partial charge in [-0.15, -0.1) is 0 Å². The monoisotopic (exact) mass is 236 g/mol. The summed E-state index contributed by atoms with van der Waals surface area (Å²) in [5.74, 6) is 0.451. The number of para-hydroxylation sites is 1. The van der Waals surface area contributed by atoms with Crippen LogP contribution in [0.5, 0.6) is 5.75 Å². The van der Waals surface area contributed by atoms with Crippen LogP contribution in [-0.2, 0) is 4.79 Å². The zero-order valence-corrected chi connectivity index (χ0v) is 9.80. The van der Waals surface area contributed by atoms with E-state index in [1.54, 1.807) is 0 Å². The summed E-state index contributed by atoms with van der Waals surface area (Å²) >= 11 is 0. The molecule has 0 radical (unpaired) electrons. The minimum Gasteiger partial charge on any atom is -0.426 e. The predicted molar refractivity (Wildman–Crippen MR) is 71.0 cm³/mol. The Labute approximate surface area is 106 Å². The Morgan fingerprint density at radius 2 is 1.67 bits per heavy atom. The van der Waals surface area contributed by atoms with Crippen molar-refractivity contribution in [2.45, 2.75) is 6.42 Å². The Kier molecular flexibility index (Phi) is 2.69. The van der Waals surface area contributed by atoms with Gasteiger partial charge in [0.25, 0.3) is 0 Å². The van der Waals surface area contributed by atoms with Gasteiger partial charge in [0.05, 0.1) is 6.42 Å². The van der Waals surface area contributed by atoms with E-state index in [1.807, 2.05) is 60.7 Å². The molecule has 0 aromatic heterocycles. The van der Waals surface area contributed by atoms with Gasteiger partial charge in [0.2, 0.25) is 0 Å². The molecule has 2 heteroatoms. The van der Waals surface area contributed by atoms with Crippen molar-refractivity contribution in [3.05, 3.63) is 65.7 Å². The lowest BCUT2D eigenvalue weighted by atomic mass is 9.97. The first kappa shape index (κ1) is 10.8. The Hall–Kier alpha value is -2.35. The molecule has 1 heterocycles. The van der Waals surface area contributed by atoms with Gasteiger partial charge in [-0.1, -0.05) is 54.6 Å². The average Bonchev–Trinajstić information content (AvgIpc) is 2.40. The molecule has 0 fully saturated rings. The van der Waals surface area contributed by atoms with E-state index >= 15 is 0 Å². The van der Waals surface area contributed by atoms with Crippen LogP contribution in [0.2, 0.25) is 0 Å². The minimum absolute atomic E-state index is 0.198. The van der Waals surface area contributed by atoms with Crippen LogP contribution in [0, 0.1) is 0 Å². The third kappa shape index (κ3) is 2.05. The van der Waals surface area contributed by atoms with E-state index in [0.29, 0.717) is 12.2 Å². The molecule has 1 aliphatic rings. The van der Waals surface area contributed by atoms with Crippen molar-refractivity contribution in [1.82, 2.24) is 0 Å². The maximum atomic E-state index is 11.6. The van der Waals surface area contributed by atoms with Gasteiger partial charge in [0.1, 0.15) is 5.75 Å². The summed E-state index contributed by atoms with van der Waals surface area (Å²) in [5.41, 5.74) is 3.10. The first-order chi connectivity index (χ1) is 8.83. The quantitative estimate of drug-likeness (QED) is 0.559. The molecule has 3 rings (SSSR count). The Bertz CT molecular complexity index is 612. The molecule has 0 unspecified atom stereocenters. The molecule has 0 spiro atoms. The predicted octanol–water partition coefficient (Wildman–Crippen LogP) is 3.54. The van der Waals surface area contributed by atoms with Crippen LogP contribution in [-0.4, -0.2) is 5.97 Å². The summed E-state index contributed by atoms with van der Waals surface area (Å²) in [6.45, 7) is 0. The smallest absolute Gasteiger partial charge is 0.315 e. The van der Waals surface area contributed by atoms with Crippen molar-refractivity contribution in [1.29, 1.82) is 0 Å². The molecule has 0 saturated heterocycles. The fourth-order valence-electron chi connectivity index (χ4n) is 2.11. The van der Waals surface area contributed by atoms with Crippen LogP contribution in [0.25, 0.3) is 11.6 Å². The molecule has 0 N–H and O–H groups in total. The molecular formula is C16H12O2. The largest absolute Gasteiger partial charge is 0.426 e. The van der Waals surface area contributed by atoms with E-state index in [9.17, 15) is 4.79 Å². The summed E-state index contributed by atoms with van der Waals surface area (Å²) in [6.07, 6.45) is 2.37. The lowest BCUT2D eigenvalue weighted by Crippen LogP contribution is -2.14. The van der Waals surface area contributed by atoms with E-state index in [0.717, 1.165) is 16.7 Å². The van der Waals surface area contributed by atoms with Crippen molar-refractivity contribution < 1.29 is 9.53 Å². The molecule has 0 aliphatic carbocycles. The normalized spacial score (nSPS) is 16.2. The van der Waals surface area contributed by atoms with Crippen molar-refractivity contribution in [2.24, 2.45) is 0 Å². The molecule has 0 atom stereocenters. The number of rotatable bonds is 1. The molecule has 1 aliphatic heterocycles. The van der Waals surface area contributed by atoms with Crippen LogP contribution in [0.4, 0.5) is 0 Å². The van der Waals surface area contributed by atoms with Crippen molar-refractivity contribution >= 4 is 17.6 Å². The highest BCUT2D eigenvalue weighted by Gasteiger charge is 2.20. The highest BCUT2D eigenvalue weighted by atomic mass is 16.5. The highest BCUT2D eigenvalue weighted by Crippen LogP contribution is 2.34. The number of hydrogen-bond donors (Lipinski definition) is 0. The Morgan fingerprint density at radius 3 is 2.50 bits per heavy atom. The summed E-state index contributed by atoms with van der Waals surface area (Å²) in [7, 11) is 0. The molecule has 88 valence electrons. The summed E-state index contributed by atoms with van der Waals surface area (Å²) in [6, 6.07) is 17.6. The lowest BCUT2D eigenvalue weighted by molar-refractivity contribution is -0.133. The Balaban J connectivity index is 2.08. The standard InChI is InChI=1S/C16H12O2/c17-16-11-13(10-12-6-2-1-3-7-12)14-8-4-5-9-15(14)18-16/h1-10H,11H2/b13-10+. The van der Waals surface area contributed by atoms with Gasteiger partial charge in [-0.2, -0.15) is 0 Å². The zero-order valence-electron chi connectivity index (χ0n) is 9.80. The SMILES string of the molecule is O=C1C/C(=C\c2ccccc2)c2ccccc2O1. The van der Waals surface area contributed by atoms with Crippen LogP contribution in [0.15, 0.2) is 54.6 Å². The van der Waals surface area contributed by atoms with Crippen molar-refractivity contribution in [3.8, 4) is 5.75 Å².